The molecule has 0 aromatic rings. The van der Waals surface area contributed by atoms with Crippen LogP contribution < -0.4 is 0 Å². The summed E-state index contributed by atoms with van der Waals surface area (Å²) >= 11 is 22.1. The van der Waals surface area contributed by atoms with E-state index < -0.39 is 0 Å². The summed E-state index contributed by atoms with van der Waals surface area (Å²) in [7, 11) is 0. The summed E-state index contributed by atoms with van der Waals surface area (Å²) in [5.74, 6) is 1.92. The predicted molar refractivity (Wildman–Crippen MR) is 79.8 cm³/mol. The SMILES string of the molecule is CCC(S)C(S)C(CS)C(S)CS. The van der Waals surface area contributed by atoms with E-state index in [1.165, 1.54) is 0 Å². The maximum absolute atomic E-state index is 4.57. The fourth-order valence-corrected chi connectivity index (χ4v) is 3.38. The van der Waals surface area contributed by atoms with Crippen LogP contribution in [0.5, 0.6) is 0 Å². The Labute approximate surface area is 109 Å². The van der Waals surface area contributed by atoms with E-state index in [9.17, 15) is 0 Å². The van der Waals surface area contributed by atoms with Crippen LogP contribution in [-0.4, -0.2) is 27.3 Å². The highest BCUT2D eigenvalue weighted by atomic mass is 32.1. The van der Waals surface area contributed by atoms with Crippen LogP contribution in [0.15, 0.2) is 0 Å². The monoisotopic (exact) mass is 274 g/mol. The van der Waals surface area contributed by atoms with Gasteiger partial charge in [-0.2, -0.15) is 63.1 Å². The normalized spacial score (nSPS) is 20.8. The fraction of sp³-hybridized carbons (Fsp3) is 1.00. The van der Waals surface area contributed by atoms with Crippen molar-refractivity contribution in [1.82, 2.24) is 0 Å². The van der Waals surface area contributed by atoms with Crippen molar-refractivity contribution in [2.45, 2.75) is 29.1 Å². The van der Waals surface area contributed by atoms with Gasteiger partial charge in [0, 0.05) is 21.5 Å². The molecule has 0 aliphatic heterocycles. The van der Waals surface area contributed by atoms with Gasteiger partial charge in [-0.1, -0.05) is 6.92 Å². The molecule has 0 spiro atoms. The summed E-state index contributed by atoms with van der Waals surface area (Å²) in [6, 6.07) is 0. The third-order valence-corrected chi connectivity index (χ3v) is 5.48. The van der Waals surface area contributed by atoms with Crippen LogP contribution in [0.25, 0.3) is 0 Å². The maximum atomic E-state index is 4.57. The first-order chi connectivity index (χ1) is 6.08. The number of hydrogen-bond acceptors (Lipinski definition) is 5. The van der Waals surface area contributed by atoms with Crippen molar-refractivity contribution in [3.63, 3.8) is 0 Å². The van der Waals surface area contributed by atoms with E-state index in [1.54, 1.807) is 0 Å². The highest BCUT2D eigenvalue weighted by Gasteiger charge is 2.26. The van der Waals surface area contributed by atoms with Crippen molar-refractivity contribution < 1.29 is 0 Å². The second kappa shape index (κ2) is 7.97. The standard InChI is InChI=1S/C8H18S5/c1-2-6(11)8(13)5(3-9)7(12)4-10/h5-13H,2-4H2,1H3. The highest BCUT2D eigenvalue weighted by molar-refractivity contribution is 7.86. The van der Waals surface area contributed by atoms with Crippen molar-refractivity contribution in [1.29, 1.82) is 0 Å². The molecule has 0 saturated carbocycles. The molecule has 4 atom stereocenters. The minimum Gasteiger partial charge on any atom is -0.179 e. The molecule has 0 radical (unpaired) electrons. The van der Waals surface area contributed by atoms with Gasteiger partial charge < -0.3 is 0 Å². The van der Waals surface area contributed by atoms with Gasteiger partial charge in [0.25, 0.3) is 0 Å². The summed E-state index contributed by atoms with van der Waals surface area (Å²) in [5.41, 5.74) is 0. The van der Waals surface area contributed by atoms with E-state index in [4.69, 9.17) is 0 Å². The van der Waals surface area contributed by atoms with Crippen molar-refractivity contribution in [2.75, 3.05) is 11.5 Å². The molecule has 0 aliphatic rings. The smallest absolute Gasteiger partial charge is 0.0180 e. The number of thiol groups is 5. The molecular weight excluding hydrogens is 256 g/mol. The lowest BCUT2D eigenvalue weighted by Crippen LogP contribution is -2.33. The number of rotatable bonds is 6. The van der Waals surface area contributed by atoms with Crippen LogP contribution in [-0.2, 0) is 0 Å². The van der Waals surface area contributed by atoms with Gasteiger partial charge in [0.1, 0.15) is 0 Å². The Morgan fingerprint density at radius 3 is 1.77 bits per heavy atom. The Morgan fingerprint density at radius 2 is 1.46 bits per heavy atom. The predicted octanol–water partition coefficient (Wildman–Crippen LogP) is 2.77. The topological polar surface area (TPSA) is 0 Å². The average molecular weight is 275 g/mol. The summed E-state index contributed by atoms with van der Waals surface area (Å²) in [5, 5.41) is 0.819. The van der Waals surface area contributed by atoms with E-state index in [2.05, 4.69) is 70.1 Å². The lowest BCUT2D eigenvalue weighted by atomic mass is 10.00. The molecule has 80 valence electrons. The third kappa shape index (κ3) is 4.87. The van der Waals surface area contributed by atoms with Gasteiger partial charge in [0.05, 0.1) is 0 Å². The van der Waals surface area contributed by atoms with Crippen LogP contribution in [0.1, 0.15) is 13.3 Å². The number of hydrogen-bond donors (Lipinski definition) is 5. The zero-order chi connectivity index (χ0) is 10.4. The third-order valence-electron chi connectivity index (χ3n) is 2.14. The first kappa shape index (κ1) is 14.8. The largest absolute Gasteiger partial charge is 0.179 e. The zero-order valence-corrected chi connectivity index (χ0v) is 12.1. The average Bonchev–Trinajstić information content (AvgIpc) is 2.17. The van der Waals surface area contributed by atoms with Crippen molar-refractivity contribution in [3.05, 3.63) is 0 Å². The fourth-order valence-electron chi connectivity index (χ4n) is 1.12. The molecular formula is C8H18S5. The summed E-state index contributed by atoms with van der Waals surface area (Å²) in [6.07, 6.45) is 1.02. The minimum atomic E-state index is 0.250. The lowest BCUT2D eigenvalue weighted by molar-refractivity contribution is 0.545. The van der Waals surface area contributed by atoms with Crippen molar-refractivity contribution in [3.8, 4) is 0 Å². The molecule has 0 aromatic heterocycles. The Balaban J connectivity index is 4.21. The van der Waals surface area contributed by atoms with Crippen molar-refractivity contribution in [2.24, 2.45) is 5.92 Å². The first-order valence-electron chi connectivity index (χ1n) is 4.34. The van der Waals surface area contributed by atoms with E-state index in [1.807, 2.05) is 0 Å². The van der Waals surface area contributed by atoms with Crippen LogP contribution in [0.4, 0.5) is 0 Å². The second-order valence-corrected chi connectivity index (χ2v) is 5.72. The summed E-state index contributed by atoms with van der Waals surface area (Å²) in [4.78, 5) is 0. The molecule has 0 nitrogen and oxygen atoms in total. The molecule has 0 bridgehead atoms. The van der Waals surface area contributed by atoms with Gasteiger partial charge in [0.2, 0.25) is 0 Å². The van der Waals surface area contributed by atoms with Crippen LogP contribution in [0.3, 0.4) is 0 Å². The van der Waals surface area contributed by atoms with Gasteiger partial charge in [-0.05, 0) is 18.1 Å². The second-order valence-electron chi connectivity index (χ2n) is 3.06. The van der Waals surface area contributed by atoms with Gasteiger partial charge in [-0.25, -0.2) is 0 Å². The Bertz CT molecular complexity index is 130. The summed E-state index contributed by atoms with van der Waals surface area (Å²) < 4.78 is 0. The van der Waals surface area contributed by atoms with E-state index >= 15 is 0 Å². The van der Waals surface area contributed by atoms with Crippen LogP contribution >= 0.6 is 63.1 Å². The van der Waals surface area contributed by atoms with Gasteiger partial charge in [0.15, 0.2) is 0 Å². The molecule has 0 aromatic carbocycles. The van der Waals surface area contributed by atoms with E-state index in [0.717, 1.165) is 17.9 Å². The van der Waals surface area contributed by atoms with Crippen LogP contribution in [0.2, 0.25) is 0 Å². The molecule has 0 saturated heterocycles. The molecule has 0 amide bonds. The molecule has 5 heteroatoms. The first-order valence-corrected chi connectivity index (χ1v) is 7.15. The Kier molecular flexibility index (Phi) is 9.04. The van der Waals surface area contributed by atoms with Gasteiger partial charge in [-0.15, -0.1) is 0 Å². The Morgan fingerprint density at radius 1 is 0.923 bits per heavy atom. The van der Waals surface area contributed by atoms with E-state index in [0.29, 0.717) is 11.2 Å². The molecule has 0 rings (SSSR count). The molecule has 0 aliphatic carbocycles. The quantitative estimate of drug-likeness (QED) is 0.452. The highest BCUT2D eigenvalue weighted by Crippen LogP contribution is 2.27. The van der Waals surface area contributed by atoms with Gasteiger partial charge in [-0.3, -0.25) is 0 Å². The molecule has 4 unspecified atom stereocenters. The van der Waals surface area contributed by atoms with Gasteiger partial charge >= 0.3 is 0 Å². The molecule has 0 fully saturated rings. The molecule has 0 heterocycles. The molecule has 13 heavy (non-hydrogen) atoms. The summed E-state index contributed by atoms with van der Waals surface area (Å²) in [6.45, 7) is 2.12. The Hall–Kier alpha value is 1.75. The van der Waals surface area contributed by atoms with Crippen LogP contribution in [0, 0.1) is 5.92 Å². The van der Waals surface area contributed by atoms with Crippen molar-refractivity contribution >= 4 is 63.1 Å². The van der Waals surface area contributed by atoms with E-state index in [-0.39, 0.29) is 10.5 Å². The minimum absolute atomic E-state index is 0.250. The zero-order valence-electron chi connectivity index (χ0n) is 7.67. The maximum Gasteiger partial charge on any atom is 0.0180 e. The molecule has 0 N–H and O–H groups in total. The lowest BCUT2D eigenvalue weighted by Gasteiger charge is -2.29.